The molecule has 0 aliphatic heterocycles. The molecule has 128 valence electrons. The number of hydrogen-bond donors (Lipinski definition) is 2. The van der Waals surface area contributed by atoms with E-state index in [4.69, 9.17) is 9.88 Å². The number of hydrogen-bond acceptors (Lipinski definition) is 4. The molecule has 3 rings (SSSR count). The van der Waals surface area contributed by atoms with Crippen molar-refractivity contribution in [2.75, 3.05) is 0 Å². The highest BCUT2D eigenvalue weighted by atomic mass is 79.9. The summed E-state index contributed by atoms with van der Waals surface area (Å²) in [6.45, 7) is 0. The molecule has 0 aliphatic carbocycles. The zero-order valence-corrected chi connectivity index (χ0v) is 15.2. The van der Waals surface area contributed by atoms with Gasteiger partial charge in [0.2, 0.25) is 10.0 Å². The van der Waals surface area contributed by atoms with Crippen LogP contribution in [0.4, 0.5) is 0 Å². The van der Waals surface area contributed by atoms with Crippen LogP contribution in [0.5, 0.6) is 11.5 Å². The van der Waals surface area contributed by atoms with Crippen LogP contribution in [0, 0.1) is 0 Å². The van der Waals surface area contributed by atoms with Crippen LogP contribution in [0.3, 0.4) is 0 Å². The molecule has 8 heteroatoms. The number of nitrogens with two attached hydrogens (primary N) is 1. The van der Waals surface area contributed by atoms with E-state index < -0.39 is 15.6 Å². The molecular weight excluding hydrogens is 408 g/mol. The molecular formula is C17H13BrN2O4S. The van der Waals surface area contributed by atoms with Gasteiger partial charge in [0.25, 0.3) is 5.56 Å². The number of nitrogens with one attached hydrogen (secondary N) is 1. The molecule has 1 aromatic heterocycles. The van der Waals surface area contributed by atoms with E-state index in [1.807, 2.05) is 18.2 Å². The summed E-state index contributed by atoms with van der Waals surface area (Å²) in [6, 6.07) is 14.9. The normalized spacial score (nSPS) is 11.3. The lowest BCUT2D eigenvalue weighted by Crippen LogP contribution is -2.16. The second kappa shape index (κ2) is 6.83. The second-order valence-electron chi connectivity index (χ2n) is 5.15. The predicted molar refractivity (Wildman–Crippen MR) is 98.1 cm³/mol. The highest BCUT2D eigenvalue weighted by molar-refractivity contribution is 9.10. The average Bonchev–Trinajstić information content (AvgIpc) is 2.55. The number of benzene rings is 2. The minimum Gasteiger partial charge on any atom is -0.457 e. The van der Waals surface area contributed by atoms with Crippen molar-refractivity contribution in [1.29, 1.82) is 0 Å². The second-order valence-corrected chi connectivity index (χ2v) is 7.53. The van der Waals surface area contributed by atoms with E-state index in [-0.39, 0.29) is 16.0 Å². The molecule has 0 saturated heterocycles. The standard InChI is InChI=1S/C17H13BrN2O4S/c18-14-8-9-20-17(21)16(14)13-10-12(6-7-15(13)25(19,22)23)24-11-4-2-1-3-5-11/h1-10H,(H,20,21)(H2,19,22,23). The van der Waals surface area contributed by atoms with E-state index in [2.05, 4.69) is 20.9 Å². The van der Waals surface area contributed by atoms with Gasteiger partial charge < -0.3 is 9.72 Å². The van der Waals surface area contributed by atoms with Gasteiger partial charge >= 0.3 is 0 Å². The lowest BCUT2D eigenvalue weighted by atomic mass is 10.1. The van der Waals surface area contributed by atoms with Crippen LogP contribution in [-0.4, -0.2) is 13.4 Å². The maximum absolute atomic E-state index is 12.2. The lowest BCUT2D eigenvalue weighted by Gasteiger charge is -2.12. The first kappa shape index (κ1) is 17.4. The number of rotatable bonds is 4. The Labute approximate surface area is 152 Å². The fourth-order valence-electron chi connectivity index (χ4n) is 2.35. The van der Waals surface area contributed by atoms with Gasteiger partial charge in [-0.1, -0.05) is 18.2 Å². The quantitative estimate of drug-likeness (QED) is 0.675. The fraction of sp³-hybridized carbons (Fsp3) is 0. The molecule has 3 N–H and O–H groups in total. The number of ether oxygens (including phenoxy) is 1. The number of para-hydroxylation sites is 1. The minimum atomic E-state index is -4.03. The van der Waals surface area contributed by atoms with Crippen molar-refractivity contribution in [3.05, 3.63) is 75.6 Å². The van der Waals surface area contributed by atoms with E-state index in [9.17, 15) is 13.2 Å². The number of primary sulfonamides is 1. The van der Waals surface area contributed by atoms with E-state index >= 15 is 0 Å². The van der Waals surface area contributed by atoms with Crippen molar-refractivity contribution in [2.24, 2.45) is 5.14 Å². The van der Waals surface area contributed by atoms with E-state index in [0.29, 0.717) is 16.0 Å². The van der Waals surface area contributed by atoms with Crippen molar-refractivity contribution >= 4 is 26.0 Å². The average molecular weight is 421 g/mol. The van der Waals surface area contributed by atoms with Crippen LogP contribution in [0.25, 0.3) is 11.1 Å². The largest absolute Gasteiger partial charge is 0.457 e. The van der Waals surface area contributed by atoms with Crippen molar-refractivity contribution in [2.45, 2.75) is 4.90 Å². The Morgan fingerprint density at radius 3 is 2.36 bits per heavy atom. The molecule has 0 fully saturated rings. The van der Waals surface area contributed by atoms with Crippen LogP contribution in [-0.2, 0) is 10.0 Å². The minimum absolute atomic E-state index is 0.157. The highest BCUT2D eigenvalue weighted by Gasteiger charge is 2.20. The van der Waals surface area contributed by atoms with Gasteiger partial charge in [0.1, 0.15) is 11.5 Å². The summed E-state index contributed by atoms with van der Waals surface area (Å²) in [5.41, 5.74) is -0.133. The molecule has 0 saturated carbocycles. The van der Waals surface area contributed by atoms with Crippen LogP contribution in [0.15, 0.2) is 75.0 Å². The Balaban J connectivity index is 2.20. The summed E-state index contributed by atoms with van der Waals surface area (Å²) in [6.07, 6.45) is 1.46. The fourth-order valence-corrected chi connectivity index (χ4v) is 3.60. The smallest absolute Gasteiger partial charge is 0.257 e. The number of pyridine rings is 1. The van der Waals surface area contributed by atoms with E-state index in [0.717, 1.165) is 0 Å². The summed E-state index contributed by atoms with van der Waals surface area (Å²) >= 11 is 3.28. The Kier molecular flexibility index (Phi) is 4.76. The number of H-pyrrole nitrogens is 1. The SMILES string of the molecule is NS(=O)(=O)c1ccc(Oc2ccccc2)cc1-c1c(Br)cc[nH]c1=O. The van der Waals surface area contributed by atoms with Crippen LogP contribution >= 0.6 is 15.9 Å². The molecule has 6 nitrogen and oxygen atoms in total. The summed E-state index contributed by atoms with van der Waals surface area (Å²) < 4.78 is 30.0. The third kappa shape index (κ3) is 3.81. The Bertz CT molecular complexity index is 1080. The van der Waals surface area contributed by atoms with E-state index in [1.165, 1.54) is 24.4 Å². The third-order valence-electron chi connectivity index (χ3n) is 3.42. The third-order valence-corrected chi connectivity index (χ3v) is 5.05. The first-order valence-corrected chi connectivity index (χ1v) is 9.47. The summed E-state index contributed by atoms with van der Waals surface area (Å²) in [4.78, 5) is 14.6. The maximum Gasteiger partial charge on any atom is 0.257 e. The van der Waals surface area contributed by atoms with Gasteiger partial charge in [-0.15, -0.1) is 0 Å². The summed E-state index contributed by atoms with van der Waals surface area (Å²) in [7, 11) is -4.03. The Morgan fingerprint density at radius 1 is 1.00 bits per heavy atom. The van der Waals surface area contributed by atoms with Crippen molar-refractivity contribution in [3.63, 3.8) is 0 Å². The van der Waals surface area contributed by atoms with Gasteiger partial charge in [0, 0.05) is 16.2 Å². The topological polar surface area (TPSA) is 102 Å². The lowest BCUT2D eigenvalue weighted by molar-refractivity contribution is 0.482. The monoisotopic (exact) mass is 420 g/mol. The molecule has 2 aromatic carbocycles. The number of aromatic amines is 1. The van der Waals surface area contributed by atoms with Gasteiger partial charge in [-0.25, -0.2) is 13.6 Å². The summed E-state index contributed by atoms with van der Waals surface area (Å²) in [5, 5.41) is 5.30. The van der Waals surface area contributed by atoms with Gasteiger partial charge in [0.15, 0.2) is 0 Å². The molecule has 0 radical (unpaired) electrons. The highest BCUT2D eigenvalue weighted by Crippen LogP contribution is 2.34. The molecule has 0 bridgehead atoms. The molecule has 1 heterocycles. The van der Waals surface area contributed by atoms with Gasteiger partial charge in [-0.2, -0.15) is 0 Å². The molecule has 0 aliphatic rings. The zero-order valence-electron chi connectivity index (χ0n) is 12.8. The molecule has 25 heavy (non-hydrogen) atoms. The molecule has 3 aromatic rings. The molecule has 0 unspecified atom stereocenters. The van der Waals surface area contributed by atoms with Gasteiger partial charge in [-0.05, 0) is 52.3 Å². The first-order valence-electron chi connectivity index (χ1n) is 7.13. The van der Waals surface area contributed by atoms with Crippen LogP contribution in [0.1, 0.15) is 0 Å². The van der Waals surface area contributed by atoms with Gasteiger partial charge in [-0.3, -0.25) is 4.79 Å². The van der Waals surface area contributed by atoms with Crippen LogP contribution < -0.4 is 15.4 Å². The van der Waals surface area contributed by atoms with E-state index in [1.54, 1.807) is 18.2 Å². The molecule has 0 atom stereocenters. The first-order chi connectivity index (χ1) is 11.9. The van der Waals surface area contributed by atoms with Crippen LogP contribution in [0.2, 0.25) is 0 Å². The number of halogens is 1. The Morgan fingerprint density at radius 2 is 1.72 bits per heavy atom. The number of aromatic nitrogens is 1. The molecule has 0 spiro atoms. The molecule has 0 amide bonds. The maximum atomic E-state index is 12.2. The van der Waals surface area contributed by atoms with Crippen molar-refractivity contribution in [3.8, 4) is 22.6 Å². The van der Waals surface area contributed by atoms with Crippen molar-refractivity contribution in [1.82, 2.24) is 4.98 Å². The van der Waals surface area contributed by atoms with Gasteiger partial charge in [0.05, 0.1) is 10.5 Å². The number of sulfonamides is 1. The van der Waals surface area contributed by atoms with Crippen molar-refractivity contribution < 1.29 is 13.2 Å². The Hall–Kier alpha value is -2.42. The zero-order chi connectivity index (χ0) is 18.0. The summed E-state index contributed by atoms with van der Waals surface area (Å²) in [5.74, 6) is 0.960. The predicted octanol–water partition coefficient (Wildman–Crippen LogP) is 3.24.